The number of carboxylic acid groups (broad SMARTS) is 1. The third-order valence-corrected chi connectivity index (χ3v) is 6.97. The Morgan fingerprint density at radius 1 is 1.13 bits per heavy atom. The number of benzene rings is 3. The zero-order chi connectivity index (χ0) is 27.2. The standard InChI is InChI=1S/C28H25Br2N3O5/c1-3-4-8-26-32-23-10-9-20(29)13-21(23)27(34)33(26)31-15-19-12-24(37-2)25(14-22(19)30)38-16-17-6-5-7-18(11-17)28(35)36/h5-7,9-15H,3-4,8,16H2,1-2H3,(H,35,36). The Morgan fingerprint density at radius 3 is 2.68 bits per heavy atom. The van der Waals surface area contributed by atoms with Gasteiger partial charge in [0.1, 0.15) is 12.4 Å². The van der Waals surface area contributed by atoms with Gasteiger partial charge in [-0.05, 0) is 70.4 Å². The summed E-state index contributed by atoms with van der Waals surface area (Å²) in [4.78, 5) is 29.3. The molecule has 3 aromatic carbocycles. The van der Waals surface area contributed by atoms with Gasteiger partial charge in [-0.3, -0.25) is 4.79 Å². The van der Waals surface area contributed by atoms with Crippen LogP contribution in [-0.4, -0.2) is 34.1 Å². The van der Waals surface area contributed by atoms with Crippen molar-refractivity contribution in [3.8, 4) is 11.5 Å². The predicted molar refractivity (Wildman–Crippen MR) is 154 cm³/mol. The average molecular weight is 643 g/mol. The molecule has 0 atom stereocenters. The molecule has 0 unspecified atom stereocenters. The molecule has 0 fully saturated rings. The zero-order valence-corrected chi connectivity index (χ0v) is 24.0. The number of halogens is 2. The number of carbonyl (C=O) groups is 1. The van der Waals surface area contributed by atoms with E-state index in [1.807, 2.05) is 12.1 Å². The monoisotopic (exact) mass is 641 g/mol. The van der Waals surface area contributed by atoms with Crippen molar-refractivity contribution in [1.29, 1.82) is 0 Å². The van der Waals surface area contributed by atoms with E-state index in [1.165, 1.54) is 17.9 Å². The Balaban J connectivity index is 1.65. The maximum Gasteiger partial charge on any atom is 0.335 e. The molecule has 8 nitrogen and oxygen atoms in total. The summed E-state index contributed by atoms with van der Waals surface area (Å²) < 4.78 is 14.3. The highest BCUT2D eigenvalue weighted by Crippen LogP contribution is 2.33. The maximum atomic E-state index is 13.3. The SMILES string of the molecule is CCCCc1nc2ccc(Br)cc2c(=O)n1N=Cc1cc(OC)c(OCc2cccc(C(=O)O)c2)cc1Br. The highest BCUT2D eigenvalue weighted by molar-refractivity contribution is 9.10. The number of ether oxygens (including phenoxy) is 2. The fraction of sp³-hybridized carbons (Fsp3) is 0.214. The van der Waals surface area contributed by atoms with E-state index in [2.05, 4.69) is 43.9 Å². The molecule has 0 aliphatic rings. The zero-order valence-electron chi connectivity index (χ0n) is 20.8. The van der Waals surface area contributed by atoms with Crippen molar-refractivity contribution in [2.24, 2.45) is 5.10 Å². The smallest absolute Gasteiger partial charge is 0.335 e. The summed E-state index contributed by atoms with van der Waals surface area (Å²) >= 11 is 6.98. The van der Waals surface area contributed by atoms with Crippen LogP contribution in [0.1, 0.15) is 47.1 Å². The first-order chi connectivity index (χ1) is 18.3. The van der Waals surface area contributed by atoms with E-state index in [0.29, 0.717) is 50.2 Å². The van der Waals surface area contributed by atoms with Gasteiger partial charge in [0.15, 0.2) is 11.5 Å². The second-order valence-electron chi connectivity index (χ2n) is 8.47. The minimum absolute atomic E-state index is 0.159. The molecule has 196 valence electrons. The summed E-state index contributed by atoms with van der Waals surface area (Å²) in [6.07, 6.45) is 4.04. The Kier molecular flexibility index (Phi) is 8.96. The van der Waals surface area contributed by atoms with Gasteiger partial charge in [0.25, 0.3) is 5.56 Å². The Morgan fingerprint density at radius 2 is 1.95 bits per heavy atom. The van der Waals surface area contributed by atoms with Gasteiger partial charge in [-0.1, -0.05) is 41.4 Å². The van der Waals surface area contributed by atoms with E-state index in [4.69, 9.17) is 14.5 Å². The number of carboxylic acids is 1. The van der Waals surface area contributed by atoms with Gasteiger partial charge in [0, 0.05) is 20.9 Å². The molecular formula is C28H25Br2N3O5. The molecule has 1 N–H and O–H groups in total. The molecular weight excluding hydrogens is 618 g/mol. The number of aryl methyl sites for hydroxylation is 1. The first-order valence-corrected chi connectivity index (χ1v) is 13.5. The fourth-order valence-electron chi connectivity index (χ4n) is 3.81. The highest BCUT2D eigenvalue weighted by Gasteiger charge is 2.13. The van der Waals surface area contributed by atoms with E-state index in [-0.39, 0.29) is 17.7 Å². The van der Waals surface area contributed by atoms with E-state index < -0.39 is 5.97 Å². The van der Waals surface area contributed by atoms with Crippen molar-refractivity contribution in [1.82, 2.24) is 9.66 Å². The molecule has 0 saturated carbocycles. The van der Waals surface area contributed by atoms with Gasteiger partial charge in [-0.25, -0.2) is 9.78 Å². The number of aromatic nitrogens is 2. The van der Waals surface area contributed by atoms with Gasteiger partial charge in [0.2, 0.25) is 0 Å². The first kappa shape index (κ1) is 27.5. The van der Waals surface area contributed by atoms with Gasteiger partial charge >= 0.3 is 5.97 Å². The number of fused-ring (bicyclic) bond motifs is 1. The van der Waals surface area contributed by atoms with Crippen molar-refractivity contribution in [3.05, 3.63) is 96.4 Å². The number of nitrogens with zero attached hydrogens (tertiary/aromatic N) is 3. The van der Waals surface area contributed by atoms with Crippen LogP contribution in [0.5, 0.6) is 11.5 Å². The van der Waals surface area contributed by atoms with Crippen LogP contribution < -0.4 is 15.0 Å². The minimum atomic E-state index is -0.998. The number of methoxy groups -OCH3 is 1. The molecule has 0 aliphatic carbocycles. The summed E-state index contributed by atoms with van der Waals surface area (Å²) in [5.41, 5.74) is 1.96. The molecule has 0 saturated heterocycles. The fourth-order valence-corrected chi connectivity index (χ4v) is 4.59. The quantitative estimate of drug-likeness (QED) is 0.200. The van der Waals surface area contributed by atoms with Crippen LogP contribution in [0.3, 0.4) is 0 Å². The Labute approximate surface area is 236 Å². The van der Waals surface area contributed by atoms with Crippen LogP contribution in [0.25, 0.3) is 10.9 Å². The molecule has 0 bridgehead atoms. The third-order valence-electron chi connectivity index (χ3n) is 5.79. The molecule has 0 spiro atoms. The highest BCUT2D eigenvalue weighted by atomic mass is 79.9. The van der Waals surface area contributed by atoms with Gasteiger partial charge in [-0.2, -0.15) is 9.78 Å². The third kappa shape index (κ3) is 6.31. The molecule has 0 amide bonds. The second-order valence-corrected chi connectivity index (χ2v) is 10.2. The largest absolute Gasteiger partial charge is 0.493 e. The van der Waals surface area contributed by atoms with Crippen molar-refractivity contribution < 1.29 is 19.4 Å². The van der Waals surface area contributed by atoms with Gasteiger partial charge in [0.05, 0.1) is 29.8 Å². The van der Waals surface area contributed by atoms with Crippen LogP contribution in [0.15, 0.2) is 73.4 Å². The van der Waals surface area contributed by atoms with E-state index in [1.54, 1.807) is 42.6 Å². The van der Waals surface area contributed by atoms with E-state index in [0.717, 1.165) is 17.3 Å². The summed E-state index contributed by atoms with van der Waals surface area (Å²) in [5, 5.41) is 14.2. The minimum Gasteiger partial charge on any atom is -0.493 e. The second kappa shape index (κ2) is 12.4. The predicted octanol–water partition coefficient (Wildman–Crippen LogP) is 6.43. The molecule has 1 heterocycles. The lowest BCUT2D eigenvalue weighted by molar-refractivity contribution is 0.0696. The van der Waals surface area contributed by atoms with E-state index in [9.17, 15) is 14.7 Å². The molecule has 38 heavy (non-hydrogen) atoms. The number of rotatable bonds is 10. The number of unbranched alkanes of at least 4 members (excludes halogenated alkanes) is 1. The van der Waals surface area contributed by atoms with E-state index >= 15 is 0 Å². The maximum absolute atomic E-state index is 13.3. The summed E-state index contributed by atoms with van der Waals surface area (Å²) in [6.45, 7) is 2.24. The van der Waals surface area contributed by atoms with Gasteiger partial charge < -0.3 is 14.6 Å². The molecule has 10 heteroatoms. The van der Waals surface area contributed by atoms with Crippen LogP contribution >= 0.6 is 31.9 Å². The van der Waals surface area contributed by atoms with Gasteiger partial charge in [-0.15, -0.1) is 0 Å². The topological polar surface area (TPSA) is 103 Å². The molecule has 0 aliphatic heterocycles. The summed E-state index contributed by atoms with van der Waals surface area (Å²) in [7, 11) is 1.53. The Bertz CT molecular complexity index is 1580. The molecule has 4 aromatic rings. The summed E-state index contributed by atoms with van der Waals surface area (Å²) in [6, 6.07) is 15.5. The lowest BCUT2D eigenvalue weighted by atomic mass is 10.1. The van der Waals surface area contributed by atoms with Crippen LogP contribution in [-0.2, 0) is 13.0 Å². The van der Waals surface area contributed by atoms with Crippen molar-refractivity contribution in [2.45, 2.75) is 32.8 Å². The molecule has 0 radical (unpaired) electrons. The van der Waals surface area contributed by atoms with Crippen molar-refractivity contribution in [3.63, 3.8) is 0 Å². The first-order valence-electron chi connectivity index (χ1n) is 11.9. The summed E-state index contributed by atoms with van der Waals surface area (Å²) in [5.74, 6) is 0.523. The number of hydrogen-bond acceptors (Lipinski definition) is 6. The number of hydrogen-bond donors (Lipinski definition) is 1. The lowest BCUT2D eigenvalue weighted by Gasteiger charge is -2.13. The lowest BCUT2D eigenvalue weighted by Crippen LogP contribution is -2.22. The van der Waals surface area contributed by atoms with Crippen LogP contribution in [0.4, 0.5) is 0 Å². The van der Waals surface area contributed by atoms with Crippen LogP contribution in [0.2, 0.25) is 0 Å². The molecule has 4 rings (SSSR count). The average Bonchev–Trinajstić information content (AvgIpc) is 2.91. The Hall–Kier alpha value is -3.50. The van der Waals surface area contributed by atoms with Crippen molar-refractivity contribution in [2.75, 3.05) is 7.11 Å². The molecule has 1 aromatic heterocycles. The normalized spacial score (nSPS) is 11.3. The number of aromatic carboxylic acids is 1. The van der Waals surface area contributed by atoms with Crippen molar-refractivity contribution >= 4 is 54.9 Å². The van der Waals surface area contributed by atoms with Crippen LogP contribution in [0, 0.1) is 0 Å².